The third kappa shape index (κ3) is 2.04. The Labute approximate surface area is 101 Å². The minimum Gasteiger partial charge on any atom is -0.392 e. The lowest BCUT2D eigenvalue weighted by Crippen LogP contribution is -2.50. The Morgan fingerprint density at radius 2 is 2.06 bits per heavy atom. The Balaban J connectivity index is 1.66. The molecule has 1 aliphatic heterocycles. The monoisotopic (exact) mass is 237 g/mol. The van der Waals surface area contributed by atoms with Crippen molar-refractivity contribution in [2.24, 2.45) is 11.8 Å². The summed E-state index contributed by atoms with van der Waals surface area (Å²) < 4.78 is 0. The number of piperidine rings is 1. The van der Waals surface area contributed by atoms with E-state index >= 15 is 0 Å². The molecule has 0 amide bonds. The molecule has 0 spiro atoms. The molecule has 2 nitrogen and oxygen atoms in total. The molecular weight excluding hydrogens is 218 g/mol. The van der Waals surface area contributed by atoms with E-state index in [1.165, 1.54) is 24.1 Å². The molecule has 1 saturated carbocycles. The zero-order valence-corrected chi connectivity index (χ0v) is 10.3. The van der Waals surface area contributed by atoms with Gasteiger partial charge < -0.3 is 5.11 Å². The molecule has 1 aliphatic carbocycles. The second-order valence-corrected chi connectivity index (χ2v) is 6.25. The predicted molar refractivity (Wildman–Crippen MR) is 66.4 cm³/mol. The second kappa shape index (κ2) is 4.47. The Bertz CT molecular complexity index is 324. The van der Waals surface area contributed by atoms with Crippen molar-refractivity contribution >= 4 is 11.3 Å². The summed E-state index contributed by atoms with van der Waals surface area (Å²) in [6.07, 6.45) is 3.74. The van der Waals surface area contributed by atoms with Crippen molar-refractivity contribution in [2.45, 2.75) is 31.9 Å². The van der Waals surface area contributed by atoms with Crippen molar-refractivity contribution in [1.82, 2.24) is 4.90 Å². The third-order valence-electron chi connectivity index (χ3n) is 4.06. The number of rotatable bonds is 2. The van der Waals surface area contributed by atoms with Crippen LogP contribution in [0.15, 0.2) is 17.5 Å². The van der Waals surface area contributed by atoms with Crippen LogP contribution >= 0.6 is 11.3 Å². The molecule has 2 heterocycles. The molecule has 16 heavy (non-hydrogen) atoms. The largest absolute Gasteiger partial charge is 0.392 e. The molecule has 88 valence electrons. The molecule has 2 fully saturated rings. The third-order valence-corrected chi connectivity index (χ3v) is 4.92. The number of nitrogens with zero attached hydrogens (tertiary/aromatic N) is 1. The first kappa shape index (κ1) is 10.8. The van der Waals surface area contributed by atoms with Gasteiger partial charge in [-0.25, -0.2) is 0 Å². The van der Waals surface area contributed by atoms with E-state index < -0.39 is 0 Å². The van der Waals surface area contributed by atoms with Gasteiger partial charge in [-0.05, 0) is 36.1 Å². The average molecular weight is 237 g/mol. The van der Waals surface area contributed by atoms with E-state index in [-0.39, 0.29) is 6.10 Å². The van der Waals surface area contributed by atoms with Crippen LogP contribution in [0.2, 0.25) is 0 Å². The first-order chi connectivity index (χ1) is 7.83. The van der Waals surface area contributed by atoms with E-state index in [0.717, 1.165) is 19.6 Å². The van der Waals surface area contributed by atoms with Crippen molar-refractivity contribution < 1.29 is 5.11 Å². The van der Waals surface area contributed by atoms with Crippen LogP contribution in [-0.2, 0) is 6.54 Å². The number of aliphatic hydroxyl groups excluding tert-OH is 1. The molecular formula is C13H19NOS. The highest BCUT2D eigenvalue weighted by molar-refractivity contribution is 7.09. The molecule has 1 saturated heterocycles. The van der Waals surface area contributed by atoms with Crippen molar-refractivity contribution in [3.63, 3.8) is 0 Å². The van der Waals surface area contributed by atoms with Gasteiger partial charge in [0, 0.05) is 24.5 Å². The summed E-state index contributed by atoms with van der Waals surface area (Å²) in [5.41, 5.74) is 0. The van der Waals surface area contributed by atoms with Crippen molar-refractivity contribution in [3.05, 3.63) is 22.4 Å². The van der Waals surface area contributed by atoms with Crippen LogP contribution < -0.4 is 0 Å². The maximum absolute atomic E-state index is 10.1. The van der Waals surface area contributed by atoms with E-state index in [9.17, 15) is 5.11 Å². The topological polar surface area (TPSA) is 23.5 Å². The van der Waals surface area contributed by atoms with E-state index in [2.05, 4.69) is 22.4 Å². The number of thiophene rings is 1. The molecule has 3 rings (SSSR count). The molecule has 3 heteroatoms. The number of hydrogen-bond acceptors (Lipinski definition) is 3. The van der Waals surface area contributed by atoms with Gasteiger partial charge in [0.25, 0.3) is 0 Å². The second-order valence-electron chi connectivity index (χ2n) is 5.22. The summed E-state index contributed by atoms with van der Waals surface area (Å²) >= 11 is 1.84. The summed E-state index contributed by atoms with van der Waals surface area (Å²) in [7, 11) is 0. The maximum atomic E-state index is 10.1. The van der Waals surface area contributed by atoms with E-state index in [4.69, 9.17) is 0 Å². The smallest absolute Gasteiger partial charge is 0.0620 e. The standard InChI is InChI=1S/C13H19NOS/c15-13-10-3-1-4-11(13)8-14(7-10)9-12-5-2-6-16-12/h2,5-6,10-11,13,15H,1,3-4,7-9H2. The molecule has 1 aromatic rings. The molecule has 0 radical (unpaired) electrons. The lowest BCUT2D eigenvalue weighted by atomic mass is 9.75. The van der Waals surface area contributed by atoms with Crippen LogP contribution in [0.3, 0.4) is 0 Å². The van der Waals surface area contributed by atoms with Crippen molar-refractivity contribution in [3.8, 4) is 0 Å². The van der Waals surface area contributed by atoms with E-state index in [1.807, 2.05) is 11.3 Å². The van der Waals surface area contributed by atoms with E-state index in [0.29, 0.717) is 11.8 Å². The Morgan fingerprint density at radius 1 is 1.31 bits per heavy atom. The normalized spacial score (nSPS) is 35.2. The fraction of sp³-hybridized carbons (Fsp3) is 0.692. The van der Waals surface area contributed by atoms with Gasteiger partial charge in [-0.2, -0.15) is 0 Å². The Morgan fingerprint density at radius 3 is 2.69 bits per heavy atom. The summed E-state index contributed by atoms with van der Waals surface area (Å²) in [6, 6.07) is 4.34. The Hall–Kier alpha value is -0.380. The highest BCUT2D eigenvalue weighted by Gasteiger charge is 2.38. The minimum atomic E-state index is -0.0201. The van der Waals surface area contributed by atoms with Crippen LogP contribution in [0.5, 0.6) is 0 Å². The summed E-state index contributed by atoms with van der Waals surface area (Å²) in [5, 5.41) is 12.3. The fourth-order valence-electron chi connectivity index (χ4n) is 3.26. The molecule has 2 atom stereocenters. The average Bonchev–Trinajstić information content (AvgIpc) is 2.72. The summed E-state index contributed by atoms with van der Waals surface area (Å²) in [4.78, 5) is 3.99. The van der Waals surface area contributed by atoms with Gasteiger partial charge in [-0.1, -0.05) is 12.5 Å². The first-order valence-corrected chi connectivity index (χ1v) is 7.13. The SMILES string of the molecule is OC1C2CCCC1CN(Cc1cccs1)C2. The quantitative estimate of drug-likeness (QED) is 0.853. The minimum absolute atomic E-state index is 0.0201. The lowest BCUT2D eigenvalue weighted by Gasteiger charge is -2.45. The van der Waals surface area contributed by atoms with E-state index in [1.54, 1.807) is 0 Å². The molecule has 0 aromatic carbocycles. The van der Waals surface area contributed by atoms with Gasteiger partial charge in [0.15, 0.2) is 0 Å². The number of aliphatic hydroxyl groups is 1. The zero-order chi connectivity index (χ0) is 11.0. The summed E-state index contributed by atoms with van der Waals surface area (Å²) in [6.45, 7) is 3.27. The van der Waals surface area contributed by atoms with Gasteiger partial charge in [0.2, 0.25) is 0 Å². The number of hydrogen-bond donors (Lipinski definition) is 1. The van der Waals surface area contributed by atoms with Crippen LogP contribution in [0.1, 0.15) is 24.1 Å². The van der Waals surface area contributed by atoms with Crippen molar-refractivity contribution in [2.75, 3.05) is 13.1 Å². The zero-order valence-electron chi connectivity index (χ0n) is 9.51. The lowest BCUT2D eigenvalue weighted by molar-refractivity contribution is -0.0514. The molecule has 2 aliphatic rings. The van der Waals surface area contributed by atoms with Gasteiger partial charge in [-0.3, -0.25) is 4.90 Å². The van der Waals surface area contributed by atoms with Gasteiger partial charge in [0.1, 0.15) is 0 Å². The predicted octanol–water partition coefficient (Wildman–Crippen LogP) is 2.34. The van der Waals surface area contributed by atoms with Crippen molar-refractivity contribution in [1.29, 1.82) is 0 Å². The van der Waals surface area contributed by atoms with Crippen LogP contribution in [0, 0.1) is 11.8 Å². The molecule has 1 aromatic heterocycles. The molecule has 1 N–H and O–H groups in total. The molecule has 2 unspecified atom stereocenters. The molecule has 2 bridgehead atoms. The summed E-state index contributed by atoms with van der Waals surface area (Å²) in [5.74, 6) is 1.07. The van der Waals surface area contributed by atoms with Gasteiger partial charge in [0.05, 0.1) is 6.10 Å². The van der Waals surface area contributed by atoms with Crippen LogP contribution in [0.4, 0.5) is 0 Å². The van der Waals surface area contributed by atoms with Crippen LogP contribution in [-0.4, -0.2) is 29.2 Å². The highest BCUT2D eigenvalue weighted by atomic mass is 32.1. The maximum Gasteiger partial charge on any atom is 0.0620 e. The Kier molecular flexibility index (Phi) is 3.01. The van der Waals surface area contributed by atoms with Crippen LogP contribution in [0.25, 0.3) is 0 Å². The number of likely N-dealkylation sites (tertiary alicyclic amines) is 1. The van der Waals surface area contributed by atoms with Gasteiger partial charge in [-0.15, -0.1) is 11.3 Å². The first-order valence-electron chi connectivity index (χ1n) is 6.26. The highest BCUT2D eigenvalue weighted by Crippen LogP contribution is 2.35. The van der Waals surface area contributed by atoms with Gasteiger partial charge >= 0.3 is 0 Å². The fourth-order valence-corrected chi connectivity index (χ4v) is 4.00. The number of fused-ring (bicyclic) bond motifs is 2.